The highest BCUT2D eigenvalue weighted by atomic mass is 19.1. The summed E-state index contributed by atoms with van der Waals surface area (Å²) in [5.41, 5.74) is 5.58. The Morgan fingerprint density at radius 3 is 2.46 bits per heavy atom. The summed E-state index contributed by atoms with van der Waals surface area (Å²) >= 11 is 0. The zero-order chi connectivity index (χ0) is 27.2. The summed E-state index contributed by atoms with van der Waals surface area (Å²) in [6.07, 6.45) is -0.323. The molecule has 0 aromatic heterocycles. The maximum atomic E-state index is 13.9. The quantitative estimate of drug-likeness (QED) is 0.314. The van der Waals surface area contributed by atoms with Crippen LogP contribution in [-0.4, -0.2) is 43.0 Å². The maximum absolute atomic E-state index is 13.9. The molecule has 37 heavy (non-hydrogen) atoms. The number of esters is 1. The zero-order valence-corrected chi connectivity index (χ0v) is 22.6. The van der Waals surface area contributed by atoms with Crippen LogP contribution in [0.1, 0.15) is 59.5 Å². The number of aryl methyl sites for hydroxylation is 2. The van der Waals surface area contributed by atoms with Gasteiger partial charge in [0, 0.05) is 12.1 Å². The number of ether oxygens (including phenoxy) is 2. The standard InChI is InChI=1S/C31H38FNO4/c1-20-11-12-23(16-29(20)32)17-31(4,5)33-18-25(34)19-37-22(3)27-9-7-8-10-28(27)24-13-14-26(21(2)15-24)30(35)36-6/h7-16,22,25,33-34H,17-19H2,1-6H3/t22-,25-/m1/s1. The highest BCUT2D eigenvalue weighted by Crippen LogP contribution is 2.31. The van der Waals surface area contributed by atoms with Crippen LogP contribution in [0.4, 0.5) is 4.39 Å². The smallest absolute Gasteiger partial charge is 0.338 e. The molecule has 2 atom stereocenters. The Hall–Kier alpha value is -3.06. The lowest BCUT2D eigenvalue weighted by Gasteiger charge is -2.28. The van der Waals surface area contributed by atoms with Gasteiger partial charge in [-0.05, 0) is 86.6 Å². The van der Waals surface area contributed by atoms with Crippen molar-refractivity contribution in [2.45, 2.75) is 58.8 Å². The fraction of sp³-hybridized carbons (Fsp3) is 0.387. The average molecular weight is 508 g/mol. The monoisotopic (exact) mass is 507 g/mol. The van der Waals surface area contributed by atoms with Crippen molar-refractivity contribution in [1.29, 1.82) is 0 Å². The van der Waals surface area contributed by atoms with Crippen molar-refractivity contribution in [3.05, 3.63) is 94.3 Å². The molecule has 0 aliphatic carbocycles. The number of nitrogens with one attached hydrogen (secondary N) is 1. The third kappa shape index (κ3) is 7.71. The molecule has 3 aromatic carbocycles. The van der Waals surface area contributed by atoms with E-state index in [1.165, 1.54) is 7.11 Å². The van der Waals surface area contributed by atoms with Gasteiger partial charge in [0.25, 0.3) is 0 Å². The second-order valence-electron chi connectivity index (χ2n) is 10.3. The van der Waals surface area contributed by atoms with E-state index in [0.29, 0.717) is 24.1 Å². The van der Waals surface area contributed by atoms with Crippen molar-refractivity contribution in [1.82, 2.24) is 5.32 Å². The predicted molar refractivity (Wildman–Crippen MR) is 145 cm³/mol. The number of hydrogen-bond donors (Lipinski definition) is 2. The third-order valence-electron chi connectivity index (χ3n) is 6.58. The number of halogens is 1. The van der Waals surface area contributed by atoms with Crippen LogP contribution in [0.15, 0.2) is 60.7 Å². The lowest BCUT2D eigenvalue weighted by molar-refractivity contribution is -0.00397. The predicted octanol–water partition coefficient (Wildman–Crippen LogP) is 5.95. The van der Waals surface area contributed by atoms with E-state index in [-0.39, 0.29) is 30.0 Å². The number of aliphatic hydroxyl groups is 1. The summed E-state index contributed by atoms with van der Waals surface area (Å²) < 4.78 is 24.8. The molecular formula is C31H38FNO4. The number of carbonyl (C=O) groups is 1. The molecule has 0 fully saturated rings. The first-order valence-corrected chi connectivity index (χ1v) is 12.6. The first kappa shape index (κ1) is 28.5. The largest absolute Gasteiger partial charge is 0.465 e. The van der Waals surface area contributed by atoms with E-state index < -0.39 is 6.10 Å². The van der Waals surface area contributed by atoms with E-state index >= 15 is 0 Å². The Kier molecular flexibility index (Phi) is 9.60. The number of benzene rings is 3. The van der Waals surface area contributed by atoms with E-state index in [9.17, 15) is 14.3 Å². The van der Waals surface area contributed by atoms with E-state index in [4.69, 9.17) is 9.47 Å². The molecule has 5 nitrogen and oxygen atoms in total. The van der Waals surface area contributed by atoms with Gasteiger partial charge in [-0.25, -0.2) is 9.18 Å². The number of hydrogen-bond acceptors (Lipinski definition) is 5. The van der Waals surface area contributed by atoms with Crippen molar-refractivity contribution in [2.75, 3.05) is 20.3 Å². The molecule has 0 unspecified atom stereocenters. The summed E-state index contributed by atoms with van der Waals surface area (Å²) in [5, 5.41) is 14.0. The van der Waals surface area contributed by atoms with Gasteiger partial charge in [0.2, 0.25) is 0 Å². The molecule has 2 N–H and O–H groups in total. The van der Waals surface area contributed by atoms with Gasteiger partial charge in [-0.15, -0.1) is 0 Å². The molecule has 3 rings (SSSR count). The van der Waals surface area contributed by atoms with Crippen LogP contribution in [0, 0.1) is 19.7 Å². The molecule has 0 saturated heterocycles. The zero-order valence-electron chi connectivity index (χ0n) is 22.6. The van der Waals surface area contributed by atoms with Gasteiger partial charge in [-0.2, -0.15) is 0 Å². The van der Waals surface area contributed by atoms with Crippen molar-refractivity contribution < 1.29 is 23.8 Å². The lowest BCUT2D eigenvalue weighted by Crippen LogP contribution is -2.46. The van der Waals surface area contributed by atoms with Crippen LogP contribution < -0.4 is 5.32 Å². The van der Waals surface area contributed by atoms with E-state index in [2.05, 4.69) is 5.32 Å². The Balaban J connectivity index is 1.59. The van der Waals surface area contributed by atoms with E-state index in [0.717, 1.165) is 27.8 Å². The van der Waals surface area contributed by atoms with Crippen LogP contribution in [0.25, 0.3) is 11.1 Å². The van der Waals surface area contributed by atoms with Crippen molar-refractivity contribution in [3.8, 4) is 11.1 Å². The Morgan fingerprint density at radius 2 is 1.78 bits per heavy atom. The molecule has 0 radical (unpaired) electrons. The number of carbonyl (C=O) groups excluding carboxylic acids is 1. The van der Waals surface area contributed by atoms with Gasteiger partial charge in [0.1, 0.15) is 5.82 Å². The Bertz CT molecular complexity index is 1220. The van der Waals surface area contributed by atoms with Gasteiger partial charge >= 0.3 is 5.97 Å². The molecule has 6 heteroatoms. The highest BCUT2D eigenvalue weighted by Gasteiger charge is 2.21. The topological polar surface area (TPSA) is 67.8 Å². The van der Waals surface area contributed by atoms with Crippen LogP contribution in [-0.2, 0) is 15.9 Å². The molecule has 3 aromatic rings. The van der Waals surface area contributed by atoms with Crippen molar-refractivity contribution in [2.24, 2.45) is 0 Å². The Morgan fingerprint density at radius 1 is 1.05 bits per heavy atom. The second kappa shape index (κ2) is 12.5. The Labute approximate surface area is 219 Å². The third-order valence-corrected chi connectivity index (χ3v) is 6.58. The number of methoxy groups -OCH3 is 1. The number of β-amino-alcohol motifs (C(OH)–C–C–N with tert-alkyl or cyclic N) is 1. The molecule has 0 amide bonds. The fourth-order valence-electron chi connectivity index (χ4n) is 4.40. The molecule has 198 valence electrons. The molecular weight excluding hydrogens is 469 g/mol. The maximum Gasteiger partial charge on any atom is 0.338 e. The molecule has 0 aliphatic rings. The van der Waals surface area contributed by atoms with Gasteiger partial charge in [0.15, 0.2) is 0 Å². The molecule has 0 heterocycles. The van der Waals surface area contributed by atoms with Crippen LogP contribution >= 0.6 is 0 Å². The number of aliphatic hydroxyl groups excluding tert-OH is 1. The molecule has 0 saturated carbocycles. The first-order chi connectivity index (χ1) is 17.5. The summed E-state index contributed by atoms with van der Waals surface area (Å²) in [6.45, 7) is 10.2. The van der Waals surface area contributed by atoms with Crippen molar-refractivity contribution >= 4 is 5.97 Å². The van der Waals surface area contributed by atoms with Crippen molar-refractivity contribution in [3.63, 3.8) is 0 Å². The first-order valence-electron chi connectivity index (χ1n) is 12.6. The SMILES string of the molecule is COC(=O)c1ccc(-c2ccccc2[C@@H](C)OC[C@H](O)CNC(C)(C)Cc2ccc(C)c(F)c2)cc1C. The summed E-state index contributed by atoms with van der Waals surface area (Å²) in [4.78, 5) is 12.0. The van der Waals surface area contributed by atoms with Gasteiger partial charge in [-0.3, -0.25) is 0 Å². The summed E-state index contributed by atoms with van der Waals surface area (Å²) in [5.74, 6) is -0.559. The van der Waals surface area contributed by atoms with E-state index in [1.54, 1.807) is 25.1 Å². The van der Waals surface area contributed by atoms with Crippen LogP contribution in [0.3, 0.4) is 0 Å². The highest BCUT2D eigenvalue weighted by molar-refractivity contribution is 5.91. The molecule has 0 bridgehead atoms. The van der Waals surface area contributed by atoms with Crippen LogP contribution in [0.5, 0.6) is 0 Å². The fourth-order valence-corrected chi connectivity index (χ4v) is 4.40. The molecule has 0 aliphatic heterocycles. The number of rotatable bonds is 11. The minimum atomic E-state index is -0.703. The van der Waals surface area contributed by atoms with Gasteiger partial charge in [0.05, 0.1) is 31.5 Å². The normalized spacial score (nSPS) is 13.3. The summed E-state index contributed by atoms with van der Waals surface area (Å²) in [6, 6.07) is 18.9. The minimum absolute atomic E-state index is 0.165. The van der Waals surface area contributed by atoms with E-state index in [1.807, 2.05) is 70.2 Å². The van der Waals surface area contributed by atoms with Gasteiger partial charge < -0.3 is 19.9 Å². The molecule has 0 spiro atoms. The summed E-state index contributed by atoms with van der Waals surface area (Å²) in [7, 11) is 1.38. The second-order valence-corrected chi connectivity index (χ2v) is 10.3. The van der Waals surface area contributed by atoms with Crippen LogP contribution in [0.2, 0.25) is 0 Å². The van der Waals surface area contributed by atoms with Gasteiger partial charge in [-0.1, -0.05) is 48.5 Å². The minimum Gasteiger partial charge on any atom is -0.465 e. The average Bonchev–Trinajstić information content (AvgIpc) is 2.87. The lowest BCUT2D eigenvalue weighted by atomic mass is 9.94.